The Kier molecular flexibility index (Phi) is 3.52. The Balaban J connectivity index is 2.61. The van der Waals surface area contributed by atoms with Crippen molar-refractivity contribution in [1.29, 1.82) is 0 Å². The van der Waals surface area contributed by atoms with Crippen LogP contribution < -0.4 is 4.74 Å². The van der Waals surface area contributed by atoms with E-state index in [4.69, 9.17) is 9.84 Å². The second-order valence-corrected chi connectivity index (χ2v) is 4.89. The zero-order valence-corrected chi connectivity index (χ0v) is 11.6. The highest BCUT2D eigenvalue weighted by Crippen LogP contribution is 2.32. The number of rotatable bonds is 3. The van der Waals surface area contributed by atoms with Gasteiger partial charge in [0, 0.05) is 15.6 Å². The number of carbonyl (C=O) groups is 1. The summed E-state index contributed by atoms with van der Waals surface area (Å²) >= 11 is 3.47. The highest BCUT2D eigenvalue weighted by Gasteiger charge is 2.11. The van der Waals surface area contributed by atoms with Crippen LogP contribution in [0.1, 0.15) is 11.3 Å². The molecule has 0 aliphatic heterocycles. The summed E-state index contributed by atoms with van der Waals surface area (Å²) in [4.78, 5) is 15.0. The van der Waals surface area contributed by atoms with E-state index < -0.39 is 5.97 Å². The summed E-state index contributed by atoms with van der Waals surface area (Å²) in [5.41, 5.74) is 2.63. The fourth-order valence-electron chi connectivity index (χ4n) is 1.88. The molecule has 0 saturated heterocycles. The number of halogens is 1. The van der Waals surface area contributed by atoms with Crippen LogP contribution in [0.25, 0.3) is 10.9 Å². The SMILES string of the molecule is Cc1cc(C)c2c(Br)ccc(OCC(=O)O)c2n1. The molecule has 4 nitrogen and oxygen atoms in total. The van der Waals surface area contributed by atoms with Gasteiger partial charge in [-0.3, -0.25) is 0 Å². The molecule has 2 rings (SSSR count). The number of nitrogens with zero attached hydrogens (tertiary/aromatic N) is 1. The van der Waals surface area contributed by atoms with Crippen LogP contribution in [0.3, 0.4) is 0 Å². The molecular weight excluding hydrogens is 298 g/mol. The molecule has 2 aromatic rings. The summed E-state index contributed by atoms with van der Waals surface area (Å²) in [7, 11) is 0. The number of aliphatic carboxylic acids is 1. The van der Waals surface area contributed by atoms with Crippen molar-refractivity contribution in [2.24, 2.45) is 0 Å². The highest BCUT2D eigenvalue weighted by molar-refractivity contribution is 9.10. The number of aromatic nitrogens is 1. The predicted octanol–water partition coefficient (Wildman–Crippen LogP) is 3.08. The van der Waals surface area contributed by atoms with Gasteiger partial charge in [0.25, 0.3) is 0 Å². The number of hydrogen-bond acceptors (Lipinski definition) is 3. The lowest BCUT2D eigenvalue weighted by molar-refractivity contribution is -0.139. The molecule has 1 aromatic carbocycles. The lowest BCUT2D eigenvalue weighted by atomic mass is 10.1. The average Bonchev–Trinajstić information content (AvgIpc) is 2.26. The smallest absolute Gasteiger partial charge is 0.341 e. The molecule has 1 aromatic heterocycles. The number of carboxylic acids is 1. The van der Waals surface area contributed by atoms with Crippen LogP contribution in [0, 0.1) is 13.8 Å². The van der Waals surface area contributed by atoms with Gasteiger partial charge in [0.15, 0.2) is 6.61 Å². The summed E-state index contributed by atoms with van der Waals surface area (Å²) < 4.78 is 6.18. The third-order valence-corrected chi connectivity index (χ3v) is 3.21. The standard InChI is InChI=1S/C13H12BrNO3/c1-7-5-8(2)15-13-10(18-6-11(16)17)4-3-9(14)12(7)13/h3-5H,6H2,1-2H3,(H,16,17). The third kappa shape index (κ3) is 2.46. The van der Waals surface area contributed by atoms with Crippen LogP contribution in [-0.4, -0.2) is 22.7 Å². The molecule has 0 atom stereocenters. The van der Waals surface area contributed by atoms with E-state index in [1.54, 1.807) is 6.07 Å². The number of fused-ring (bicyclic) bond motifs is 1. The summed E-state index contributed by atoms with van der Waals surface area (Å²) in [6, 6.07) is 5.54. The van der Waals surface area contributed by atoms with Crippen LogP contribution in [0.4, 0.5) is 0 Å². The minimum Gasteiger partial charge on any atom is -0.480 e. The second kappa shape index (κ2) is 4.94. The van der Waals surface area contributed by atoms with Crippen molar-refractivity contribution in [3.63, 3.8) is 0 Å². The third-order valence-electron chi connectivity index (χ3n) is 2.55. The van der Waals surface area contributed by atoms with Crippen molar-refractivity contribution in [2.75, 3.05) is 6.61 Å². The maximum atomic E-state index is 10.6. The minimum absolute atomic E-state index is 0.370. The van der Waals surface area contributed by atoms with E-state index in [9.17, 15) is 4.79 Å². The summed E-state index contributed by atoms with van der Waals surface area (Å²) in [5.74, 6) is -0.516. The van der Waals surface area contributed by atoms with E-state index in [0.29, 0.717) is 11.3 Å². The molecular formula is C13H12BrNO3. The van der Waals surface area contributed by atoms with Crippen molar-refractivity contribution in [2.45, 2.75) is 13.8 Å². The fourth-order valence-corrected chi connectivity index (χ4v) is 2.52. The van der Waals surface area contributed by atoms with Gasteiger partial charge < -0.3 is 9.84 Å². The molecule has 0 fully saturated rings. The molecule has 18 heavy (non-hydrogen) atoms. The Morgan fingerprint density at radius 3 is 2.83 bits per heavy atom. The van der Waals surface area contributed by atoms with Gasteiger partial charge in [-0.1, -0.05) is 15.9 Å². The fraction of sp³-hybridized carbons (Fsp3) is 0.231. The summed E-state index contributed by atoms with van der Waals surface area (Å²) in [5, 5.41) is 9.60. The van der Waals surface area contributed by atoms with Crippen LogP contribution in [0.5, 0.6) is 5.75 Å². The van der Waals surface area contributed by atoms with Crippen molar-refractivity contribution < 1.29 is 14.6 Å². The largest absolute Gasteiger partial charge is 0.480 e. The quantitative estimate of drug-likeness (QED) is 0.946. The number of ether oxygens (including phenoxy) is 1. The maximum Gasteiger partial charge on any atom is 0.341 e. The van der Waals surface area contributed by atoms with Crippen molar-refractivity contribution >= 4 is 32.8 Å². The number of pyridine rings is 1. The van der Waals surface area contributed by atoms with E-state index in [1.165, 1.54) is 0 Å². The number of benzene rings is 1. The molecule has 1 heterocycles. The van der Waals surface area contributed by atoms with Gasteiger partial charge in [0.05, 0.1) is 0 Å². The van der Waals surface area contributed by atoms with Crippen molar-refractivity contribution in [3.8, 4) is 5.75 Å². The molecule has 5 heteroatoms. The first-order valence-corrected chi connectivity index (χ1v) is 6.19. The van der Waals surface area contributed by atoms with Gasteiger partial charge in [0.1, 0.15) is 11.3 Å². The normalized spacial score (nSPS) is 10.6. The molecule has 0 saturated carbocycles. The highest BCUT2D eigenvalue weighted by atomic mass is 79.9. The molecule has 0 aliphatic rings. The lowest BCUT2D eigenvalue weighted by Gasteiger charge is -2.11. The molecule has 0 radical (unpaired) electrons. The Morgan fingerprint density at radius 2 is 2.17 bits per heavy atom. The molecule has 0 amide bonds. The second-order valence-electron chi connectivity index (χ2n) is 4.03. The number of carboxylic acid groups (broad SMARTS) is 1. The van der Waals surface area contributed by atoms with Crippen molar-refractivity contribution in [3.05, 3.63) is 33.9 Å². The zero-order valence-electron chi connectivity index (χ0n) is 10.0. The Bertz CT molecular complexity index is 625. The molecule has 1 N–H and O–H groups in total. The van der Waals surface area contributed by atoms with Gasteiger partial charge in [-0.25, -0.2) is 9.78 Å². The molecule has 0 bridgehead atoms. The average molecular weight is 310 g/mol. The maximum absolute atomic E-state index is 10.6. The zero-order chi connectivity index (χ0) is 13.3. The van der Waals surface area contributed by atoms with Gasteiger partial charge in [0.2, 0.25) is 0 Å². The predicted molar refractivity (Wildman–Crippen MR) is 72.0 cm³/mol. The van der Waals surface area contributed by atoms with E-state index in [1.807, 2.05) is 26.0 Å². The molecule has 0 spiro atoms. The topological polar surface area (TPSA) is 59.4 Å². The van der Waals surface area contributed by atoms with Gasteiger partial charge in [-0.15, -0.1) is 0 Å². The van der Waals surface area contributed by atoms with Gasteiger partial charge in [-0.05, 0) is 37.6 Å². The van der Waals surface area contributed by atoms with Crippen LogP contribution >= 0.6 is 15.9 Å². The number of aryl methyl sites for hydroxylation is 2. The van der Waals surface area contributed by atoms with Crippen LogP contribution in [0.15, 0.2) is 22.7 Å². The monoisotopic (exact) mass is 309 g/mol. The molecule has 0 unspecified atom stereocenters. The van der Waals surface area contributed by atoms with Gasteiger partial charge in [-0.2, -0.15) is 0 Å². The van der Waals surface area contributed by atoms with E-state index in [-0.39, 0.29) is 6.61 Å². The Hall–Kier alpha value is -1.62. The minimum atomic E-state index is -1.00. The first-order valence-electron chi connectivity index (χ1n) is 5.40. The summed E-state index contributed by atoms with van der Waals surface area (Å²) in [6.07, 6.45) is 0. The Morgan fingerprint density at radius 1 is 1.44 bits per heavy atom. The molecule has 94 valence electrons. The summed E-state index contributed by atoms with van der Waals surface area (Å²) in [6.45, 7) is 3.52. The Labute approximate surface area is 113 Å². The van der Waals surface area contributed by atoms with Gasteiger partial charge >= 0.3 is 5.97 Å². The van der Waals surface area contributed by atoms with E-state index in [2.05, 4.69) is 20.9 Å². The first kappa shape index (κ1) is 12.8. The van der Waals surface area contributed by atoms with Crippen molar-refractivity contribution in [1.82, 2.24) is 4.98 Å². The molecule has 0 aliphatic carbocycles. The van der Waals surface area contributed by atoms with E-state index >= 15 is 0 Å². The van der Waals surface area contributed by atoms with E-state index in [0.717, 1.165) is 21.1 Å². The van der Waals surface area contributed by atoms with Crippen LogP contribution in [-0.2, 0) is 4.79 Å². The lowest BCUT2D eigenvalue weighted by Crippen LogP contribution is -2.10. The first-order chi connectivity index (χ1) is 8.49. The van der Waals surface area contributed by atoms with Crippen LogP contribution in [0.2, 0.25) is 0 Å². The number of hydrogen-bond donors (Lipinski definition) is 1.